The van der Waals surface area contributed by atoms with Gasteiger partial charge in [-0.05, 0) is 48.5 Å². The SMILES string of the molecule is O=C1N=c2ccccc2=CC1=C=NNC(=O)C(=O)Nc1ccccc1C(=O)Nc1ccc(Cl)cc1. The first-order chi connectivity index (χ1) is 16.9. The predicted octanol–water partition coefficient (Wildman–Crippen LogP) is 1.80. The Bertz CT molecular complexity index is 1540. The summed E-state index contributed by atoms with van der Waals surface area (Å²) < 4.78 is 0. The molecule has 3 aromatic carbocycles. The Hall–Kier alpha value is -4.85. The largest absolute Gasteiger partial charge is 0.330 e. The molecule has 1 aliphatic rings. The number of anilines is 2. The van der Waals surface area contributed by atoms with E-state index in [4.69, 9.17) is 11.6 Å². The Morgan fingerprint density at radius 1 is 0.857 bits per heavy atom. The Labute approximate surface area is 203 Å². The second kappa shape index (κ2) is 10.4. The maximum absolute atomic E-state index is 12.7. The summed E-state index contributed by atoms with van der Waals surface area (Å²) in [4.78, 5) is 53.1. The van der Waals surface area contributed by atoms with E-state index < -0.39 is 23.6 Å². The van der Waals surface area contributed by atoms with Gasteiger partial charge in [-0.15, -0.1) is 5.10 Å². The van der Waals surface area contributed by atoms with Crippen molar-refractivity contribution >= 4 is 58.6 Å². The molecule has 0 aromatic heterocycles. The van der Waals surface area contributed by atoms with Gasteiger partial charge in [0.25, 0.3) is 11.8 Å². The predicted molar refractivity (Wildman–Crippen MR) is 130 cm³/mol. The second-order valence-electron chi connectivity index (χ2n) is 7.16. The van der Waals surface area contributed by atoms with Crippen molar-refractivity contribution in [1.82, 2.24) is 5.43 Å². The Morgan fingerprint density at radius 2 is 1.57 bits per heavy atom. The van der Waals surface area contributed by atoms with Crippen LogP contribution in [-0.4, -0.2) is 29.5 Å². The number of hydrazone groups is 1. The Kier molecular flexibility index (Phi) is 6.92. The average molecular weight is 486 g/mol. The monoisotopic (exact) mass is 485 g/mol. The summed E-state index contributed by atoms with van der Waals surface area (Å²) in [5, 5.41) is 10.3. The smallest absolute Gasteiger partial charge is 0.322 e. The molecule has 0 radical (unpaired) electrons. The molecule has 0 unspecified atom stereocenters. The molecule has 172 valence electrons. The number of fused-ring (bicyclic) bond motifs is 1. The van der Waals surface area contributed by atoms with Crippen LogP contribution >= 0.6 is 11.6 Å². The van der Waals surface area contributed by atoms with E-state index >= 15 is 0 Å². The van der Waals surface area contributed by atoms with Gasteiger partial charge >= 0.3 is 11.8 Å². The van der Waals surface area contributed by atoms with Gasteiger partial charge in [0.2, 0.25) is 0 Å². The van der Waals surface area contributed by atoms with E-state index in [-0.39, 0.29) is 16.8 Å². The van der Waals surface area contributed by atoms with Gasteiger partial charge < -0.3 is 10.6 Å². The molecule has 0 fully saturated rings. The van der Waals surface area contributed by atoms with E-state index in [1.165, 1.54) is 18.2 Å². The van der Waals surface area contributed by atoms with Crippen LogP contribution in [0.5, 0.6) is 0 Å². The molecule has 10 heteroatoms. The van der Waals surface area contributed by atoms with Crippen molar-refractivity contribution in [3.05, 3.63) is 99.5 Å². The highest BCUT2D eigenvalue weighted by Gasteiger charge is 2.18. The van der Waals surface area contributed by atoms with Crippen LogP contribution in [0.25, 0.3) is 6.08 Å². The Balaban J connectivity index is 1.44. The first kappa shape index (κ1) is 23.3. The summed E-state index contributed by atoms with van der Waals surface area (Å²) >= 11 is 5.85. The molecule has 0 bridgehead atoms. The third-order valence-electron chi connectivity index (χ3n) is 4.75. The highest BCUT2D eigenvalue weighted by atomic mass is 35.5. The van der Waals surface area contributed by atoms with Crippen LogP contribution in [0.1, 0.15) is 10.4 Å². The number of carbonyl (C=O) groups is 4. The number of hydrogen-bond acceptors (Lipinski definition) is 5. The van der Waals surface area contributed by atoms with Crippen LogP contribution < -0.4 is 26.6 Å². The molecule has 3 aromatic rings. The van der Waals surface area contributed by atoms with Crippen molar-refractivity contribution in [2.24, 2.45) is 10.1 Å². The van der Waals surface area contributed by atoms with Crippen molar-refractivity contribution in [3.63, 3.8) is 0 Å². The van der Waals surface area contributed by atoms with Crippen LogP contribution in [-0.2, 0) is 14.4 Å². The van der Waals surface area contributed by atoms with E-state index in [9.17, 15) is 19.2 Å². The zero-order chi connectivity index (χ0) is 24.8. The lowest BCUT2D eigenvalue weighted by molar-refractivity contribution is -0.136. The number of amides is 4. The van der Waals surface area contributed by atoms with Crippen molar-refractivity contribution in [3.8, 4) is 0 Å². The van der Waals surface area contributed by atoms with Gasteiger partial charge in [-0.25, -0.2) is 10.4 Å². The molecule has 1 heterocycles. The second-order valence-corrected chi connectivity index (χ2v) is 7.60. The minimum absolute atomic E-state index is 0.0219. The number of hydrogen-bond donors (Lipinski definition) is 3. The number of rotatable bonds is 4. The normalized spacial score (nSPS) is 11.7. The fraction of sp³-hybridized carbons (Fsp3) is 0. The van der Waals surface area contributed by atoms with Gasteiger partial charge in [0.05, 0.1) is 16.6 Å². The number of nitrogens with one attached hydrogen (secondary N) is 3. The summed E-state index contributed by atoms with van der Waals surface area (Å²) in [6.45, 7) is 0. The van der Waals surface area contributed by atoms with Crippen molar-refractivity contribution in [1.29, 1.82) is 0 Å². The number of para-hydroxylation sites is 2. The van der Waals surface area contributed by atoms with Crippen LogP contribution in [0.3, 0.4) is 0 Å². The summed E-state index contributed by atoms with van der Waals surface area (Å²) in [5.74, 6) is -0.882. The highest BCUT2D eigenvalue weighted by molar-refractivity contribution is 6.40. The molecule has 0 saturated carbocycles. The lowest BCUT2D eigenvalue weighted by Gasteiger charge is -2.11. The van der Waals surface area contributed by atoms with Gasteiger partial charge in [-0.2, -0.15) is 0 Å². The molecule has 4 rings (SSSR count). The lowest BCUT2D eigenvalue weighted by Crippen LogP contribution is -2.33. The molecule has 0 atom stereocenters. The topological polar surface area (TPSA) is 129 Å². The average Bonchev–Trinajstić information content (AvgIpc) is 2.86. The number of nitrogens with zero attached hydrogens (tertiary/aromatic N) is 2. The quantitative estimate of drug-likeness (QED) is 0.225. The van der Waals surface area contributed by atoms with Crippen LogP contribution in [0.2, 0.25) is 5.02 Å². The molecule has 35 heavy (non-hydrogen) atoms. The van der Waals surface area contributed by atoms with Gasteiger partial charge in [-0.3, -0.25) is 19.2 Å². The number of benzene rings is 3. The molecule has 0 saturated heterocycles. The number of halogens is 1. The van der Waals surface area contributed by atoms with E-state index in [2.05, 4.69) is 26.6 Å². The third-order valence-corrected chi connectivity index (χ3v) is 5.00. The standard InChI is InChI=1S/C25H16ClN5O4/c26-17-9-11-18(12-10-17)28-23(33)19-6-2-4-8-21(19)30-24(34)25(35)31-27-14-16-13-15-5-1-3-7-20(15)29-22(16)32/h1-13H,(H,28,33)(H,30,34)(H,31,35). The highest BCUT2D eigenvalue weighted by Crippen LogP contribution is 2.19. The summed E-state index contributed by atoms with van der Waals surface area (Å²) in [5.41, 5.74) is 2.78. The minimum atomic E-state index is -1.12. The van der Waals surface area contributed by atoms with E-state index in [1.807, 2.05) is 5.43 Å². The first-order valence-corrected chi connectivity index (χ1v) is 10.6. The fourth-order valence-electron chi connectivity index (χ4n) is 3.07. The van der Waals surface area contributed by atoms with Gasteiger partial charge in [0.1, 0.15) is 5.57 Å². The van der Waals surface area contributed by atoms with E-state index in [0.29, 0.717) is 21.3 Å². The maximum Gasteiger partial charge on any atom is 0.330 e. The third kappa shape index (κ3) is 5.75. The fourth-order valence-corrected chi connectivity index (χ4v) is 3.19. The van der Waals surface area contributed by atoms with Gasteiger partial charge in [-0.1, -0.05) is 41.9 Å². The van der Waals surface area contributed by atoms with Crippen LogP contribution in [0, 0.1) is 0 Å². The van der Waals surface area contributed by atoms with E-state index in [1.54, 1.807) is 60.7 Å². The molecule has 0 aliphatic carbocycles. The molecule has 1 aliphatic heterocycles. The summed E-state index contributed by atoms with van der Waals surface area (Å²) in [7, 11) is 0. The van der Waals surface area contributed by atoms with E-state index in [0.717, 1.165) is 0 Å². The maximum atomic E-state index is 12.7. The lowest BCUT2D eigenvalue weighted by atomic mass is 10.1. The molecular weight excluding hydrogens is 470 g/mol. The zero-order valence-electron chi connectivity index (χ0n) is 17.9. The molecule has 9 nitrogen and oxygen atoms in total. The molecule has 3 N–H and O–H groups in total. The minimum Gasteiger partial charge on any atom is -0.322 e. The molecule has 0 spiro atoms. The van der Waals surface area contributed by atoms with Crippen LogP contribution in [0.4, 0.5) is 11.4 Å². The van der Waals surface area contributed by atoms with Gasteiger partial charge in [0.15, 0.2) is 0 Å². The summed E-state index contributed by atoms with van der Waals surface area (Å²) in [6.07, 6.45) is 1.52. The molecule has 4 amide bonds. The first-order valence-electron chi connectivity index (χ1n) is 10.2. The van der Waals surface area contributed by atoms with Crippen molar-refractivity contribution < 1.29 is 19.2 Å². The van der Waals surface area contributed by atoms with Crippen molar-refractivity contribution in [2.75, 3.05) is 10.6 Å². The van der Waals surface area contributed by atoms with Gasteiger partial charge in [0, 0.05) is 21.8 Å². The number of carbonyl (C=O) groups excluding carboxylic acids is 4. The molecular formula is C25H16ClN5O4. The zero-order valence-corrected chi connectivity index (χ0v) is 18.7. The summed E-state index contributed by atoms with van der Waals surface area (Å²) in [6, 6.07) is 19.7. The Morgan fingerprint density at radius 3 is 2.37 bits per heavy atom. The van der Waals surface area contributed by atoms with Crippen molar-refractivity contribution in [2.45, 2.75) is 0 Å². The van der Waals surface area contributed by atoms with Crippen LogP contribution in [0.15, 0.2) is 88.5 Å².